The number of benzene rings is 1. The molecule has 5 N–H and O–H groups in total. The van der Waals surface area contributed by atoms with Crippen LogP contribution in [0.4, 0.5) is 0 Å². The minimum atomic E-state index is -0.872. The standard InChI is InChI=1S/C23H33N3O4/c1-4-10-24-22(30)12-16-6-5-7-17(11-16)13-23(2,3)25-14-21(29)18-8-9-20(28)19(15-27)26-18/h5-9,11,21,25,27-29H,4,10,12-15H2,1-3H3,(H,24,30). The van der Waals surface area contributed by atoms with Crippen LogP contribution in [-0.2, 0) is 24.2 Å². The van der Waals surface area contributed by atoms with Crippen LogP contribution in [0.5, 0.6) is 5.75 Å². The fourth-order valence-corrected chi connectivity index (χ4v) is 3.23. The Hall–Kier alpha value is -2.48. The normalized spacial score (nSPS) is 12.6. The quantitative estimate of drug-likeness (QED) is 0.383. The van der Waals surface area contributed by atoms with Gasteiger partial charge in [0.2, 0.25) is 5.91 Å². The van der Waals surface area contributed by atoms with Crippen molar-refractivity contribution in [3.63, 3.8) is 0 Å². The Morgan fingerprint density at radius 1 is 1.20 bits per heavy atom. The van der Waals surface area contributed by atoms with E-state index >= 15 is 0 Å². The van der Waals surface area contributed by atoms with E-state index in [0.717, 1.165) is 24.0 Å². The number of aromatic hydroxyl groups is 1. The SMILES string of the molecule is CCCNC(=O)Cc1cccc(CC(C)(C)NCC(O)c2ccc(O)c(CO)n2)c1. The zero-order valence-corrected chi connectivity index (χ0v) is 18.0. The van der Waals surface area contributed by atoms with E-state index in [1.807, 2.05) is 45.0 Å². The molecule has 0 radical (unpaired) electrons. The van der Waals surface area contributed by atoms with E-state index in [-0.39, 0.29) is 29.4 Å². The number of nitrogens with one attached hydrogen (secondary N) is 2. The molecule has 7 nitrogen and oxygen atoms in total. The molecular weight excluding hydrogens is 382 g/mol. The summed E-state index contributed by atoms with van der Waals surface area (Å²) < 4.78 is 0. The third kappa shape index (κ3) is 7.40. The van der Waals surface area contributed by atoms with Crippen LogP contribution in [-0.4, -0.2) is 44.8 Å². The molecule has 1 aromatic heterocycles. The number of rotatable bonds is 11. The van der Waals surface area contributed by atoms with Gasteiger partial charge in [-0.2, -0.15) is 0 Å². The van der Waals surface area contributed by atoms with Gasteiger partial charge in [-0.1, -0.05) is 31.2 Å². The second-order valence-electron chi connectivity index (χ2n) is 8.16. The van der Waals surface area contributed by atoms with Crippen molar-refractivity contribution in [2.45, 2.75) is 58.3 Å². The molecule has 30 heavy (non-hydrogen) atoms. The highest BCUT2D eigenvalue weighted by Crippen LogP contribution is 2.20. The van der Waals surface area contributed by atoms with Crippen molar-refractivity contribution < 1.29 is 20.1 Å². The average Bonchev–Trinajstić information content (AvgIpc) is 2.71. The molecular formula is C23H33N3O4. The van der Waals surface area contributed by atoms with Crippen LogP contribution in [0.25, 0.3) is 0 Å². The summed E-state index contributed by atoms with van der Waals surface area (Å²) in [5.74, 6) is -0.0665. The molecule has 0 aliphatic rings. The van der Waals surface area contributed by atoms with E-state index in [2.05, 4.69) is 15.6 Å². The molecule has 1 atom stereocenters. The molecule has 0 spiro atoms. The van der Waals surface area contributed by atoms with Crippen LogP contribution < -0.4 is 10.6 Å². The van der Waals surface area contributed by atoms with E-state index in [9.17, 15) is 20.1 Å². The van der Waals surface area contributed by atoms with Crippen LogP contribution in [0, 0.1) is 0 Å². The van der Waals surface area contributed by atoms with Crippen molar-refractivity contribution in [3.8, 4) is 5.75 Å². The number of carbonyl (C=O) groups excluding carboxylic acids is 1. The second kappa shape index (κ2) is 11.1. The van der Waals surface area contributed by atoms with Crippen molar-refractivity contribution in [2.75, 3.05) is 13.1 Å². The molecule has 2 aromatic rings. The third-order valence-corrected chi connectivity index (χ3v) is 4.81. The smallest absolute Gasteiger partial charge is 0.224 e. The number of β-amino-alcohol motifs (C(OH)–C–C–N with tert-alkyl or cyclic N) is 1. The first kappa shape index (κ1) is 23.8. The lowest BCUT2D eigenvalue weighted by Gasteiger charge is -2.28. The summed E-state index contributed by atoms with van der Waals surface area (Å²) in [4.78, 5) is 16.1. The van der Waals surface area contributed by atoms with Crippen molar-refractivity contribution >= 4 is 5.91 Å². The van der Waals surface area contributed by atoms with E-state index in [1.54, 1.807) is 6.07 Å². The topological polar surface area (TPSA) is 115 Å². The largest absolute Gasteiger partial charge is 0.506 e. The van der Waals surface area contributed by atoms with Gasteiger partial charge in [0.15, 0.2) is 0 Å². The molecule has 0 saturated heterocycles. The first-order valence-corrected chi connectivity index (χ1v) is 10.3. The van der Waals surface area contributed by atoms with Gasteiger partial charge in [-0.05, 0) is 49.9 Å². The first-order valence-electron chi connectivity index (χ1n) is 10.3. The number of aromatic nitrogens is 1. The minimum Gasteiger partial charge on any atom is -0.506 e. The number of amides is 1. The number of aliphatic hydroxyl groups excluding tert-OH is 2. The highest BCUT2D eigenvalue weighted by atomic mass is 16.3. The molecule has 0 saturated carbocycles. The van der Waals surface area contributed by atoms with Crippen molar-refractivity contribution in [3.05, 3.63) is 58.9 Å². The Balaban J connectivity index is 1.94. The van der Waals surface area contributed by atoms with E-state index in [0.29, 0.717) is 18.7 Å². The molecule has 0 bridgehead atoms. The number of nitrogens with zero attached hydrogens (tertiary/aromatic N) is 1. The van der Waals surface area contributed by atoms with Crippen molar-refractivity contribution in [1.82, 2.24) is 15.6 Å². The van der Waals surface area contributed by atoms with Gasteiger partial charge in [0.05, 0.1) is 18.7 Å². The maximum Gasteiger partial charge on any atom is 0.224 e. The lowest BCUT2D eigenvalue weighted by Crippen LogP contribution is -2.43. The molecule has 0 aliphatic carbocycles. The Bertz CT molecular complexity index is 839. The molecule has 1 amide bonds. The summed E-state index contributed by atoms with van der Waals surface area (Å²) >= 11 is 0. The summed E-state index contributed by atoms with van der Waals surface area (Å²) in [6.07, 6.45) is 1.12. The Morgan fingerprint density at radius 3 is 2.63 bits per heavy atom. The first-order chi connectivity index (χ1) is 14.2. The fourth-order valence-electron chi connectivity index (χ4n) is 3.23. The van der Waals surface area contributed by atoms with Gasteiger partial charge in [-0.25, -0.2) is 4.98 Å². The van der Waals surface area contributed by atoms with Crippen LogP contribution in [0.15, 0.2) is 36.4 Å². The Morgan fingerprint density at radius 2 is 1.93 bits per heavy atom. The zero-order chi connectivity index (χ0) is 22.1. The molecule has 7 heteroatoms. The fraction of sp³-hybridized carbons (Fsp3) is 0.478. The third-order valence-electron chi connectivity index (χ3n) is 4.81. The van der Waals surface area contributed by atoms with Gasteiger partial charge >= 0.3 is 0 Å². The maximum atomic E-state index is 12.0. The van der Waals surface area contributed by atoms with Crippen LogP contribution in [0.3, 0.4) is 0 Å². The highest BCUT2D eigenvalue weighted by molar-refractivity contribution is 5.78. The van der Waals surface area contributed by atoms with Crippen LogP contribution in [0.1, 0.15) is 55.8 Å². The van der Waals surface area contributed by atoms with E-state index < -0.39 is 12.7 Å². The van der Waals surface area contributed by atoms with E-state index in [1.165, 1.54) is 6.07 Å². The summed E-state index contributed by atoms with van der Waals surface area (Å²) in [5.41, 5.74) is 2.31. The zero-order valence-electron chi connectivity index (χ0n) is 18.0. The summed E-state index contributed by atoms with van der Waals surface area (Å²) in [6.45, 7) is 6.68. The Kier molecular flexibility index (Phi) is 8.77. The minimum absolute atomic E-state index is 0.0261. The highest BCUT2D eigenvalue weighted by Gasteiger charge is 2.21. The molecule has 1 unspecified atom stereocenters. The van der Waals surface area contributed by atoms with Gasteiger partial charge in [0.25, 0.3) is 0 Å². The molecule has 0 fully saturated rings. The predicted molar refractivity (Wildman–Crippen MR) is 116 cm³/mol. The van der Waals surface area contributed by atoms with Crippen LogP contribution in [0.2, 0.25) is 0 Å². The lowest BCUT2D eigenvalue weighted by molar-refractivity contribution is -0.120. The number of aliphatic hydroxyl groups is 2. The van der Waals surface area contributed by atoms with Gasteiger partial charge in [-0.15, -0.1) is 0 Å². The summed E-state index contributed by atoms with van der Waals surface area (Å²) in [5, 5.41) is 35.5. The number of hydrogen-bond acceptors (Lipinski definition) is 6. The molecule has 1 aromatic carbocycles. The average molecular weight is 416 g/mol. The van der Waals surface area contributed by atoms with Crippen molar-refractivity contribution in [1.29, 1.82) is 0 Å². The van der Waals surface area contributed by atoms with Crippen molar-refractivity contribution in [2.24, 2.45) is 0 Å². The lowest BCUT2D eigenvalue weighted by atomic mass is 9.93. The Labute approximate surface area is 178 Å². The maximum absolute atomic E-state index is 12.0. The monoisotopic (exact) mass is 415 g/mol. The second-order valence-corrected chi connectivity index (χ2v) is 8.16. The number of hydrogen-bond donors (Lipinski definition) is 5. The predicted octanol–water partition coefficient (Wildman–Crippen LogP) is 1.99. The van der Waals surface area contributed by atoms with Gasteiger partial charge in [-0.3, -0.25) is 4.79 Å². The van der Waals surface area contributed by atoms with Gasteiger partial charge in [0.1, 0.15) is 17.5 Å². The number of carbonyl (C=O) groups is 1. The summed E-state index contributed by atoms with van der Waals surface area (Å²) in [7, 11) is 0. The van der Waals surface area contributed by atoms with Gasteiger partial charge in [0, 0.05) is 18.6 Å². The number of pyridine rings is 1. The van der Waals surface area contributed by atoms with E-state index in [4.69, 9.17) is 0 Å². The van der Waals surface area contributed by atoms with Crippen LogP contribution >= 0.6 is 0 Å². The molecule has 164 valence electrons. The molecule has 0 aliphatic heterocycles. The molecule has 1 heterocycles. The molecule has 2 rings (SSSR count). The van der Waals surface area contributed by atoms with Gasteiger partial charge < -0.3 is 26.0 Å². The summed E-state index contributed by atoms with van der Waals surface area (Å²) in [6, 6.07) is 10.9.